The van der Waals surface area contributed by atoms with Crippen molar-refractivity contribution >= 4 is 17.8 Å². The summed E-state index contributed by atoms with van der Waals surface area (Å²) in [5.41, 5.74) is 1.66. The molecule has 8 nitrogen and oxygen atoms in total. The molecule has 2 saturated heterocycles. The maximum atomic E-state index is 13.1. The molecule has 8 heteroatoms. The third-order valence-corrected chi connectivity index (χ3v) is 6.58. The first kappa shape index (κ1) is 18.8. The fraction of sp³-hybridized carbons (Fsp3) is 0.455. The van der Waals surface area contributed by atoms with E-state index in [0.717, 1.165) is 24.1 Å². The van der Waals surface area contributed by atoms with Crippen LogP contribution in [0, 0.1) is 0 Å². The van der Waals surface area contributed by atoms with Gasteiger partial charge >= 0.3 is 6.03 Å². The van der Waals surface area contributed by atoms with Crippen LogP contribution in [0.25, 0.3) is 0 Å². The van der Waals surface area contributed by atoms with Gasteiger partial charge in [-0.15, -0.1) is 0 Å². The molecule has 3 heterocycles. The molecule has 1 spiro atoms. The van der Waals surface area contributed by atoms with Gasteiger partial charge in [0.1, 0.15) is 11.2 Å². The van der Waals surface area contributed by atoms with Crippen molar-refractivity contribution in [2.45, 2.75) is 43.7 Å². The van der Waals surface area contributed by atoms with Gasteiger partial charge in [0, 0.05) is 32.6 Å². The summed E-state index contributed by atoms with van der Waals surface area (Å²) in [7, 11) is 1.80. The largest absolute Gasteiger partial charge is 0.337 e. The van der Waals surface area contributed by atoms with Crippen LogP contribution in [0.3, 0.4) is 0 Å². The Hall–Kier alpha value is -3.16. The summed E-state index contributed by atoms with van der Waals surface area (Å²) in [5.74, 6) is 0.167. The first-order valence-electron chi connectivity index (χ1n) is 10.5. The number of nitrogens with zero attached hydrogens (tertiary/aromatic N) is 4. The number of carbonyl (C=O) groups excluding carboxylic acids is 3. The van der Waals surface area contributed by atoms with Crippen LogP contribution in [0.15, 0.2) is 36.4 Å². The summed E-state index contributed by atoms with van der Waals surface area (Å²) in [6.45, 7) is 1.22. The van der Waals surface area contributed by atoms with Crippen molar-refractivity contribution in [3.8, 4) is 0 Å². The third-order valence-electron chi connectivity index (χ3n) is 6.58. The lowest BCUT2D eigenvalue weighted by molar-refractivity contribution is -0.129. The van der Waals surface area contributed by atoms with E-state index in [-0.39, 0.29) is 17.8 Å². The van der Waals surface area contributed by atoms with E-state index in [0.29, 0.717) is 44.1 Å². The summed E-state index contributed by atoms with van der Waals surface area (Å²) >= 11 is 0. The number of aromatic nitrogens is 2. The zero-order valence-corrected chi connectivity index (χ0v) is 17.0. The van der Waals surface area contributed by atoms with Crippen LogP contribution >= 0.6 is 0 Å². The molecule has 5 rings (SSSR count). The number of likely N-dealkylation sites (tertiary alicyclic amines) is 1. The van der Waals surface area contributed by atoms with Gasteiger partial charge in [-0.3, -0.25) is 19.6 Å². The molecule has 1 aromatic heterocycles. The van der Waals surface area contributed by atoms with Crippen LogP contribution in [0.2, 0.25) is 0 Å². The smallest absolute Gasteiger partial charge is 0.325 e. The van der Waals surface area contributed by atoms with Gasteiger partial charge in [0.05, 0.1) is 5.69 Å². The summed E-state index contributed by atoms with van der Waals surface area (Å²) in [6.07, 6.45) is 3.13. The Labute approximate surface area is 174 Å². The topological polar surface area (TPSA) is 87.5 Å². The van der Waals surface area contributed by atoms with E-state index in [1.165, 1.54) is 0 Å². The van der Waals surface area contributed by atoms with Crippen molar-refractivity contribution in [1.29, 1.82) is 0 Å². The number of piperidine rings is 1. The highest BCUT2D eigenvalue weighted by Gasteiger charge is 2.54. The van der Waals surface area contributed by atoms with Crippen molar-refractivity contribution in [1.82, 2.24) is 24.9 Å². The highest BCUT2D eigenvalue weighted by atomic mass is 16.2. The molecule has 0 radical (unpaired) electrons. The number of nitrogens with one attached hydrogen (secondary N) is 1. The molecule has 0 unspecified atom stereocenters. The van der Waals surface area contributed by atoms with Gasteiger partial charge in [-0.25, -0.2) is 4.79 Å². The average Bonchev–Trinajstić information content (AvgIpc) is 3.50. The number of hydrogen-bond acceptors (Lipinski definition) is 4. The number of aryl methyl sites for hydroxylation is 1. The summed E-state index contributed by atoms with van der Waals surface area (Å²) < 4.78 is 1.66. The highest BCUT2D eigenvalue weighted by molar-refractivity contribution is 6.07. The molecule has 3 aliphatic rings. The molecule has 0 bridgehead atoms. The maximum absolute atomic E-state index is 13.1. The SMILES string of the molecule is Cn1nc(C2CC2)cc1C(=O)N1CCC2(CC1)C(=O)NC(=O)N2Cc1ccccc1. The number of amides is 4. The molecule has 156 valence electrons. The second-order valence-corrected chi connectivity index (χ2v) is 8.51. The van der Waals surface area contributed by atoms with E-state index < -0.39 is 5.54 Å². The molecule has 2 aromatic rings. The van der Waals surface area contributed by atoms with Crippen molar-refractivity contribution in [3.63, 3.8) is 0 Å². The Morgan fingerprint density at radius 2 is 1.87 bits per heavy atom. The summed E-state index contributed by atoms with van der Waals surface area (Å²) in [5, 5.41) is 6.98. The molecule has 1 aromatic carbocycles. The van der Waals surface area contributed by atoms with Gasteiger partial charge in [-0.05, 0) is 37.3 Å². The number of carbonyl (C=O) groups is 3. The Morgan fingerprint density at radius 3 is 2.53 bits per heavy atom. The summed E-state index contributed by atoms with van der Waals surface area (Å²) in [6, 6.07) is 11.2. The second-order valence-electron chi connectivity index (χ2n) is 8.51. The number of benzene rings is 1. The van der Waals surface area contributed by atoms with Crippen molar-refractivity contribution in [2.24, 2.45) is 7.05 Å². The van der Waals surface area contributed by atoms with Gasteiger partial charge < -0.3 is 9.80 Å². The minimum Gasteiger partial charge on any atom is -0.337 e. The molecule has 3 fully saturated rings. The minimum atomic E-state index is -0.894. The van der Waals surface area contributed by atoms with Gasteiger partial charge in [-0.1, -0.05) is 30.3 Å². The normalized spacial score (nSPS) is 20.7. The van der Waals surface area contributed by atoms with Gasteiger partial charge in [0.25, 0.3) is 11.8 Å². The number of rotatable bonds is 4. The Kier molecular flexibility index (Phi) is 4.38. The Bertz CT molecular complexity index is 1000. The monoisotopic (exact) mass is 407 g/mol. The third kappa shape index (κ3) is 3.07. The lowest BCUT2D eigenvalue weighted by Gasteiger charge is -2.42. The number of urea groups is 1. The summed E-state index contributed by atoms with van der Waals surface area (Å²) in [4.78, 5) is 41.8. The van der Waals surface area contributed by atoms with E-state index in [1.807, 2.05) is 36.4 Å². The van der Waals surface area contributed by atoms with Crippen LogP contribution in [-0.4, -0.2) is 56.1 Å². The van der Waals surface area contributed by atoms with Crippen LogP contribution in [0.4, 0.5) is 4.79 Å². The first-order valence-corrected chi connectivity index (χ1v) is 10.5. The van der Waals surface area contributed by atoms with Crippen LogP contribution < -0.4 is 5.32 Å². The van der Waals surface area contributed by atoms with E-state index in [4.69, 9.17) is 0 Å². The Morgan fingerprint density at radius 1 is 1.17 bits per heavy atom. The molecule has 2 aliphatic heterocycles. The predicted molar refractivity (Wildman–Crippen MR) is 109 cm³/mol. The van der Waals surface area contributed by atoms with E-state index >= 15 is 0 Å². The molecule has 1 aliphatic carbocycles. The number of hydrogen-bond donors (Lipinski definition) is 1. The van der Waals surface area contributed by atoms with Gasteiger partial charge in [0.2, 0.25) is 0 Å². The Balaban J connectivity index is 1.32. The maximum Gasteiger partial charge on any atom is 0.325 e. The average molecular weight is 407 g/mol. The minimum absolute atomic E-state index is 0.0638. The van der Waals surface area contributed by atoms with Crippen molar-refractivity contribution in [2.75, 3.05) is 13.1 Å². The molecule has 1 N–H and O–H groups in total. The van der Waals surface area contributed by atoms with Crippen molar-refractivity contribution in [3.05, 3.63) is 53.3 Å². The fourth-order valence-corrected chi connectivity index (χ4v) is 4.59. The van der Waals surface area contributed by atoms with E-state index in [1.54, 1.807) is 21.5 Å². The molecular weight excluding hydrogens is 382 g/mol. The van der Waals surface area contributed by atoms with Gasteiger partial charge in [0.15, 0.2) is 0 Å². The molecule has 4 amide bonds. The molecular formula is C22H25N5O3. The number of imide groups is 1. The van der Waals surface area contributed by atoms with E-state index in [2.05, 4.69) is 10.4 Å². The molecule has 0 atom stereocenters. The molecule has 30 heavy (non-hydrogen) atoms. The second kappa shape index (κ2) is 6.97. The van der Waals surface area contributed by atoms with Crippen LogP contribution in [0.5, 0.6) is 0 Å². The lowest BCUT2D eigenvalue weighted by atomic mass is 9.85. The zero-order chi connectivity index (χ0) is 20.9. The van der Waals surface area contributed by atoms with Crippen LogP contribution in [0.1, 0.15) is 53.3 Å². The van der Waals surface area contributed by atoms with Crippen molar-refractivity contribution < 1.29 is 14.4 Å². The standard InChI is InChI=1S/C22H25N5O3/c1-25-18(13-17(24-25)16-7-8-16)19(28)26-11-9-22(10-12-26)20(29)23-21(30)27(22)14-15-5-3-2-4-6-15/h2-6,13,16H,7-12,14H2,1H3,(H,23,29,30). The predicted octanol–water partition coefficient (Wildman–Crippen LogP) is 2.02. The lowest BCUT2D eigenvalue weighted by Crippen LogP contribution is -2.57. The quantitative estimate of drug-likeness (QED) is 0.786. The first-order chi connectivity index (χ1) is 14.5. The fourth-order valence-electron chi connectivity index (χ4n) is 4.59. The van der Waals surface area contributed by atoms with Gasteiger partial charge in [-0.2, -0.15) is 5.10 Å². The van der Waals surface area contributed by atoms with E-state index in [9.17, 15) is 14.4 Å². The zero-order valence-electron chi connectivity index (χ0n) is 17.0. The van der Waals surface area contributed by atoms with Crippen LogP contribution in [-0.2, 0) is 18.4 Å². The molecule has 1 saturated carbocycles. The highest BCUT2D eigenvalue weighted by Crippen LogP contribution is 2.40.